The molecule has 0 unspecified atom stereocenters. The molecule has 2 nitrogen and oxygen atoms in total. The molecule has 0 aliphatic rings. The fourth-order valence-corrected chi connectivity index (χ4v) is 2.03. The number of anilines is 2. The Morgan fingerprint density at radius 2 is 1.53 bits per heavy atom. The minimum atomic E-state index is -1.72. The number of hydrogen-bond donors (Lipinski definition) is 1. The van der Waals surface area contributed by atoms with Gasteiger partial charge in [0.15, 0.2) is 0 Å². The highest BCUT2D eigenvalue weighted by Gasteiger charge is 2.21. The van der Waals surface area contributed by atoms with Crippen molar-refractivity contribution >= 4 is 43.2 Å². The van der Waals surface area contributed by atoms with Crippen molar-refractivity contribution in [1.82, 2.24) is 4.98 Å². The van der Waals surface area contributed by atoms with Crippen LogP contribution in [0, 0.1) is 23.5 Å². The number of hydrogen-bond acceptors (Lipinski definition) is 2. The fourth-order valence-electron chi connectivity index (χ4n) is 1.32. The highest BCUT2D eigenvalue weighted by atomic mass is 79.9. The van der Waals surface area contributed by atoms with Crippen LogP contribution in [0.25, 0.3) is 0 Å². The SMILES string of the molecule is Fc1nc(F)c(F)c(Nc2cc(Br)ccc2Br)c1F. The van der Waals surface area contributed by atoms with E-state index in [0.717, 1.165) is 0 Å². The first-order valence-corrected chi connectivity index (χ1v) is 6.41. The minimum Gasteiger partial charge on any atom is -0.349 e. The second kappa shape index (κ2) is 5.46. The molecular weight excluding hydrogens is 396 g/mol. The summed E-state index contributed by atoms with van der Waals surface area (Å²) < 4.78 is 53.8. The molecule has 1 aromatic carbocycles. The quantitative estimate of drug-likeness (QED) is 0.573. The largest absolute Gasteiger partial charge is 0.349 e. The lowest BCUT2D eigenvalue weighted by Gasteiger charge is -2.11. The first-order chi connectivity index (χ1) is 8.90. The third-order valence-corrected chi connectivity index (χ3v) is 3.37. The molecule has 2 aromatic rings. The molecule has 19 heavy (non-hydrogen) atoms. The van der Waals surface area contributed by atoms with E-state index in [-0.39, 0.29) is 5.69 Å². The van der Waals surface area contributed by atoms with E-state index in [4.69, 9.17) is 0 Å². The Morgan fingerprint density at radius 3 is 2.11 bits per heavy atom. The number of aromatic nitrogens is 1. The van der Waals surface area contributed by atoms with Gasteiger partial charge in [0.25, 0.3) is 11.9 Å². The normalized spacial score (nSPS) is 10.6. The second-order valence-corrected chi connectivity index (χ2v) is 5.22. The fraction of sp³-hybridized carbons (Fsp3) is 0. The number of rotatable bonds is 2. The van der Waals surface area contributed by atoms with Crippen molar-refractivity contribution in [3.05, 3.63) is 50.7 Å². The zero-order chi connectivity index (χ0) is 14.2. The summed E-state index contributed by atoms with van der Waals surface area (Å²) in [5.74, 6) is -6.61. The van der Waals surface area contributed by atoms with Crippen molar-refractivity contribution in [2.24, 2.45) is 0 Å². The molecule has 1 N–H and O–H groups in total. The summed E-state index contributed by atoms with van der Waals surface area (Å²) in [6, 6.07) is 4.75. The summed E-state index contributed by atoms with van der Waals surface area (Å²) in [6.45, 7) is 0. The summed E-state index contributed by atoms with van der Waals surface area (Å²) in [5.41, 5.74) is -0.707. The van der Waals surface area contributed by atoms with E-state index >= 15 is 0 Å². The lowest BCUT2D eigenvalue weighted by molar-refractivity contribution is 0.411. The number of nitrogens with zero attached hydrogens (tertiary/aromatic N) is 1. The van der Waals surface area contributed by atoms with Crippen molar-refractivity contribution in [2.45, 2.75) is 0 Å². The standard InChI is InChI=1S/C11H4Br2F4N2/c12-4-1-2-5(13)6(3-4)18-9-7(14)10(16)19-11(17)8(9)15/h1-3H,(H,18,19). The van der Waals surface area contributed by atoms with Gasteiger partial charge in [-0.15, -0.1) is 0 Å². The molecule has 8 heteroatoms. The molecule has 0 saturated heterocycles. The number of nitrogens with one attached hydrogen (secondary N) is 1. The van der Waals surface area contributed by atoms with Gasteiger partial charge in [0.05, 0.1) is 5.69 Å². The van der Waals surface area contributed by atoms with Crippen LogP contribution >= 0.6 is 31.9 Å². The molecule has 0 radical (unpaired) electrons. The Kier molecular flexibility index (Phi) is 4.10. The monoisotopic (exact) mass is 398 g/mol. The topological polar surface area (TPSA) is 24.9 Å². The molecule has 2 rings (SSSR count). The molecule has 0 spiro atoms. The Labute approximate surface area is 122 Å². The molecule has 100 valence electrons. The van der Waals surface area contributed by atoms with E-state index in [2.05, 4.69) is 42.2 Å². The van der Waals surface area contributed by atoms with E-state index in [1.165, 1.54) is 6.07 Å². The summed E-state index contributed by atoms with van der Waals surface area (Å²) in [7, 11) is 0. The Bertz CT molecular complexity index is 623. The van der Waals surface area contributed by atoms with Crippen LogP contribution in [0.15, 0.2) is 27.1 Å². The van der Waals surface area contributed by atoms with Crippen molar-refractivity contribution in [2.75, 3.05) is 5.32 Å². The maximum Gasteiger partial charge on any atom is 0.253 e. The molecular formula is C11H4Br2F4N2. The van der Waals surface area contributed by atoms with Gasteiger partial charge >= 0.3 is 0 Å². The van der Waals surface area contributed by atoms with E-state index in [9.17, 15) is 17.6 Å². The molecule has 0 atom stereocenters. The number of pyridine rings is 1. The van der Waals surface area contributed by atoms with Crippen LogP contribution < -0.4 is 5.32 Å². The molecule has 0 saturated carbocycles. The van der Waals surface area contributed by atoms with Crippen molar-refractivity contribution in [3.8, 4) is 0 Å². The molecule has 0 amide bonds. The van der Waals surface area contributed by atoms with Gasteiger partial charge in [-0.25, -0.2) is 0 Å². The smallest absolute Gasteiger partial charge is 0.253 e. The Morgan fingerprint density at radius 1 is 0.947 bits per heavy atom. The molecule has 1 aromatic heterocycles. The maximum atomic E-state index is 13.4. The highest BCUT2D eigenvalue weighted by molar-refractivity contribution is 9.11. The molecule has 0 fully saturated rings. The van der Waals surface area contributed by atoms with Crippen LogP contribution in [-0.4, -0.2) is 4.98 Å². The average Bonchev–Trinajstić information content (AvgIpc) is 2.36. The zero-order valence-electron chi connectivity index (χ0n) is 8.95. The highest BCUT2D eigenvalue weighted by Crippen LogP contribution is 2.32. The zero-order valence-corrected chi connectivity index (χ0v) is 12.1. The Balaban J connectivity index is 2.52. The van der Waals surface area contributed by atoms with E-state index in [1.54, 1.807) is 12.1 Å². The van der Waals surface area contributed by atoms with Gasteiger partial charge in [0, 0.05) is 8.95 Å². The predicted octanol–water partition coefficient (Wildman–Crippen LogP) is 4.91. The molecule has 0 bridgehead atoms. The van der Waals surface area contributed by atoms with Crippen molar-refractivity contribution in [3.63, 3.8) is 0 Å². The first kappa shape index (κ1) is 14.3. The summed E-state index contributed by atoms with van der Waals surface area (Å²) in [4.78, 5) is 2.47. The van der Waals surface area contributed by atoms with Crippen molar-refractivity contribution < 1.29 is 17.6 Å². The lowest BCUT2D eigenvalue weighted by Crippen LogP contribution is -2.06. The van der Waals surface area contributed by atoms with Gasteiger partial charge in [0.1, 0.15) is 5.69 Å². The molecule has 1 heterocycles. The Hall–Kier alpha value is -1.15. The minimum absolute atomic E-state index is 0.233. The second-order valence-electron chi connectivity index (χ2n) is 3.45. The average molecular weight is 400 g/mol. The van der Waals surface area contributed by atoms with Gasteiger partial charge in [-0.3, -0.25) is 0 Å². The molecule has 0 aliphatic carbocycles. The number of benzene rings is 1. The third-order valence-electron chi connectivity index (χ3n) is 2.19. The summed E-state index contributed by atoms with van der Waals surface area (Å²) >= 11 is 6.31. The summed E-state index contributed by atoms with van der Waals surface area (Å²) in [5, 5.41) is 2.28. The van der Waals surface area contributed by atoms with E-state index < -0.39 is 29.2 Å². The van der Waals surface area contributed by atoms with Gasteiger partial charge < -0.3 is 5.32 Å². The maximum absolute atomic E-state index is 13.4. The summed E-state index contributed by atoms with van der Waals surface area (Å²) in [6.07, 6.45) is 0. The molecule has 0 aliphatic heterocycles. The predicted molar refractivity (Wildman–Crippen MR) is 69.2 cm³/mol. The van der Waals surface area contributed by atoms with E-state index in [1.807, 2.05) is 0 Å². The van der Waals surface area contributed by atoms with Crippen LogP contribution in [0.1, 0.15) is 0 Å². The van der Waals surface area contributed by atoms with Gasteiger partial charge in [-0.1, -0.05) is 15.9 Å². The number of halogens is 6. The lowest BCUT2D eigenvalue weighted by atomic mass is 10.3. The van der Waals surface area contributed by atoms with Crippen LogP contribution in [0.3, 0.4) is 0 Å². The van der Waals surface area contributed by atoms with Gasteiger partial charge in [-0.05, 0) is 34.1 Å². The van der Waals surface area contributed by atoms with Gasteiger partial charge in [0.2, 0.25) is 11.6 Å². The van der Waals surface area contributed by atoms with Crippen LogP contribution in [-0.2, 0) is 0 Å². The van der Waals surface area contributed by atoms with Crippen LogP contribution in [0.5, 0.6) is 0 Å². The van der Waals surface area contributed by atoms with Gasteiger partial charge in [-0.2, -0.15) is 22.5 Å². The first-order valence-electron chi connectivity index (χ1n) is 4.82. The van der Waals surface area contributed by atoms with E-state index in [0.29, 0.717) is 8.95 Å². The van der Waals surface area contributed by atoms with Crippen LogP contribution in [0.4, 0.5) is 28.9 Å². The van der Waals surface area contributed by atoms with Crippen molar-refractivity contribution in [1.29, 1.82) is 0 Å². The third kappa shape index (κ3) is 2.89. The van der Waals surface area contributed by atoms with Crippen LogP contribution in [0.2, 0.25) is 0 Å².